The first-order valence-electron chi connectivity index (χ1n) is 10.1. The maximum atomic E-state index is 13.2. The van der Waals surface area contributed by atoms with E-state index in [0.717, 1.165) is 31.7 Å². The summed E-state index contributed by atoms with van der Waals surface area (Å²) in [6.45, 7) is 7.28. The van der Waals surface area contributed by atoms with Gasteiger partial charge in [0.2, 0.25) is 5.91 Å². The molecule has 2 heterocycles. The van der Waals surface area contributed by atoms with Gasteiger partial charge in [0.05, 0.1) is 0 Å². The minimum atomic E-state index is 0.0462. The average molecular weight is 377 g/mol. The fourth-order valence-corrected chi connectivity index (χ4v) is 4.21. The third kappa shape index (κ3) is 3.61. The van der Waals surface area contributed by atoms with Gasteiger partial charge in [-0.3, -0.25) is 9.59 Å². The van der Waals surface area contributed by atoms with Crippen molar-refractivity contribution in [3.05, 3.63) is 59.7 Å². The van der Waals surface area contributed by atoms with E-state index in [-0.39, 0.29) is 17.9 Å². The number of nitrogens with zero attached hydrogens (tertiary/aromatic N) is 3. The van der Waals surface area contributed by atoms with E-state index in [1.54, 1.807) is 4.90 Å². The molecule has 0 N–H and O–H groups in total. The lowest BCUT2D eigenvalue weighted by Gasteiger charge is -2.41. The second-order valence-corrected chi connectivity index (χ2v) is 7.83. The van der Waals surface area contributed by atoms with Crippen LogP contribution in [0.2, 0.25) is 0 Å². The highest BCUT2D eigenvalue weighted by Crippen LogP contribution is 2.25. The predicted octanol–water partition coefficient (Wildman–Crippen LogP) is 3.47. The highest BCUT2D eigenvalue weighted by molar-refractivity contribution is 5.99. The van der Waals surface area contributed by atoms with Gasteiger partial charge in [-0.05, 0) is 56.2 Å². The first-order chi connectivity index (χ1) is 13.5. The third-order valence-electron chi connectivity index (χ3n) is 5.73. The van der Waals surface area contributed by atoms with Crippen molar-refractivity contribution in [1.82, 2.24) is 4.90 Å². The van der Waals surface area contributed by atoms with E-state index in [4.69, 9.17) is 0 Å². The van der Waals surface area contributed by atoms with Gasteiger partial charge >= 0.3 is 0 Å². The lowest BCUT2D eigenvalue weighted by atomic mass is 10.1. The van der Waals surface area contributed by atoms with Crippen LogP contribution in [0.15, 0.2) is 48.5 Å². The van der Waals surface area contributed by atoms with Crippen LogP contribution in [-0.4, -0.2) is 48.9 Å². The third-order valence-corrected chi connectivity index (χ3v) is 5.73. The van der Waals surface area contributed by atoms with E-state index in [9.17, 15) is 9.59 Å². The van der Waals surface area contributed by atoms with Gasteiger partial charge in [-0.25, -0.2) is 0 Å². The number of piperazine rings is 1. The normalized spacial score (nSPS) is 20.0. The number of benzene rings is 2. The fourth-order valence-electron chi connectivity index (χ4n) is 4.21. The van der Waals surface area contributed by atoms with E-state index in [0.29, 0.717) is 18.5 Å². The lowest BCUT2D eigenvalue weighted by Crippen LogP contribution is -2.54. The van der Waals surface area contributed by atoms with Crippen molar-refractivity contribution < 1.29 is 9.59 Å². The van der Waals surface area contributed by atoms with Crippen molar-refractivity contribution in [1.29, 1.82) is 0 Å². The van der Waals surface area contributed by atoms with Crippen LogP contribution in [0.4, 0.5) is 11.4 Å². The van der Waals surface area contributed by atoms with Crippen molar-refractivity contribution in [2.45, 2.75) is 32.7 Å². The SMILES string of the molecule is Cc1cccc(N2CCN(C(=O)c3cccc(N4CCCC4=O)c3)[C@H](C)C2)c1. The summed E-state index contributed by atoms with van der Waals surface area (Å²) in [6.07, 6.45) is 1.48. The number of rotatable bonds is 3. The van der Waals surface area contributed by atoms with Crippen LogP contribution in [0.1, 0.15) is 35.7 Å². The summed E-state index contributed by atoms with van der Waals surface area (Å²) in [5.41, 5.74) is 3.96. The van der Waals surface area contributed by atoms with Crippen molar-refractivity contribution in [2.24, 2.45) is 0 Å². The van der Waals surface area contributed by atoms with Crippen molar-refractivity contribution >= 4 is 23.2 Å². The van der Waals surface area contributed by atoms with E-state index < -0.39 is 0 Å². The zero-order valence-corrected chi connectivity index (χ0v) is 16.6. The van der Waals surface area contributed by atoms with Crippen molar-refractivity contribution in [3.63, 3.8) is 0 Å². The molecule has 2 aromatic rings. The molecule has 146 valence electrons. The van der Waals surface area contributed by atoms with Gasteiger partial charge in [-0.1, -0.05) is 18.2 Å². The average Bonchev–Trinajstić information content (AvgIpc) is 3.13. The molecule has 1 atom stereocenters. The van der Waals surface area contributed by atoms with Crippen LogP contribution < -0.4 is 9.80 Å². The van der Waals surface area contributed by atoms with E-state index in [2.05, 4.69) is 43.0 Å². The predicted molar refractivity (Wildman–Crippen MR) is 112 cm³/mol. The summed E-state index contributed by atoms with van der Waals surface area (Å²) in [5.74, 6) is 0.189. The molecule has 2 aromatic carbocycles. The summed E-state index contributed by atoms with van der Waals surface area (Å²) >= 11 is 0. The fraction of sp³-hybridized carbons (Fsp3) is 0.391. The van der Waals surface area contributed by atoms with Gasteiger partial charge in [0.25, 0.3) is 5.91 Å². The standard InChI is InChI=1S/C23H27N3O2/c1-17-6-3-8-20(14-17)24-12-13-25(18(2)16-24)23(28)19-7-4-9-21(15-19)26-11-5-10-22(26)27/h3-4,6-9,14-15,18H,5,10-13,16H2,1-2H3/t18-/m1/s1. The smallest absolute Gasteiger partial charge is 0.254 e. The van der Waals surface area contributed by atoms with Crippen LogP contribution in [0.25, 0.3) is 0 Å². The van der Waals surface area contributed by atoms with Crippen LogP contribution in [-0.2, 0) is 4.79 Å². The number of hydrogen-bond acceptors (Lipinski definition) is 3. The minimum absolute atomic E-state index is 0.0462. The van der Waals surface area contributed by atoms with Crippen LogP contribution in [0.5, 0.6) is 0 Å². The van der Waals surface area contributed by atoms with Crippen LogP contribution in [0.3, 0.4) is 0 Å². The zero-order chi connectivity index (χ0) is 19.7. The molecule has 0 radical (unpaired) electrons. The molecule has 5 heteroatoms. The Kier molecular flexibility index (Phi) is 5.07. The molecule has 2 amide bonds. The summed E-state index contributed by atoms with van der Waals surface area (Å²) in [5, 5.41) is 0. The van der Waals surface area contributed by atoms with Gasteiger partial charge in [-0.15, -0.1) is 0 Å². The van der Waals surface area contributed by atoms with Gasteiger partial charge in [0.15, 0.2) is 0 Å². The van der Waals surface area contributed by atoms with E-state index >= 15 is 0 Å². The zero-order valence-electron chi connectivity index (χ0n) is 16.6. The second kappa shape index (κ2) is 7.66. The topological polar surface area (TPSA) is 43.9 Å². The number of amides is 2. The van der Waals surface area contributed by atoms with E-state index in [1.165, 1.54) is 11.3 Å². The molecule has 0 bridgehead atoms. The number of hydrogen-bond donors (Lipinski definition) is 0. The molecule has 5 nitrogen and oxygen atoms in total. The Bertz CT molecular complexity index is 895. The highest BCUT2D eigenvalue weighted by Gasteiger charge is 2.29. The molecule has 0 unspecified atom stereocenters. The van der Waals surface area contributed by atoms with Crippen LogP contribution >= 0.6 is 0 Å². The van der Waals surface area contributed by atoms with Crippen molar-refractivity contribution in [2.75, 3.05) is 36.0 Å². The summed E-state index contributed by atoms with van der Waals surface area (Å²) in [7, 11) is 0. The van der Waals surface area contributed by atoms with Crippen molar-refractivity contribution in [3.8, 4) is 0 Å². The molecular formula is C23H27N3O2. The number of aryl methyl sites for hydroxylation is 1. The minimum Gasteiger partial charge on any atom is -0.368 e. The Morgan fingerprint density at radius 2 is 1.79 bits per heavy atom. The van der Waals surface area contributed by atoms with Gasteiger partial charge in [0, 0.05) is 55.6 Å². The lowest BCUT2D eigenvalue weighted by molar-refractivity contribution is -0.117. The highest BCUT2D eigenvalue weighted by atomic mass is 16.2. The Balaban J connectivity index is 1.48. The molecule has 4 rings (SSSR count). The molecule has 2 aliphatic heterocycles. The van der Waals surface area contributed by atoms with Gasteiger partial charge < -0.3 is 14.7 Å². The maximum Gasteiger partial charge on any atom is 0.254 e. The Morgan fingerprint density at radius 3 is 2.50 bits per heavy atom. The summed E-state index contributed by atoms with van der Waals surface area (Å²) in [6, 6.07) is 16.1. The summed E-state index contributed by atoms with van der Waals surface area (Å²) in [4.78, 5) is 31.3. The molecule has 2 aliphatic rings. The quantitative estimate of drug-likeness (QED) is 0.823. The largest absolute Gasteiger partial charge is 0.368 e. The van der Waals surface area contributed by atoms with Gasteiger partial charge in [-0.2, -0.15) is 0 Å². The molecule has 0 aliphatic carbocycles. The monoisotopic (exact) mass is 377 g/mol. The molecule has 2 saturated heterocycles. The molecule has 0 spiro atoms. The first-order valence-corrected chi connectivity index (χ1v) is 10.1. The summed E-state index contributed by atoms with van der Waals surface area (Å²) < 4.78 is 0. The van der Waals surface area contributed by atoms with Gasteiger partial charge in [0.1, 0.15) is 0 Å². The molecule has 2 fully saturated rings. The number of carbonyl (C=O) groups is 2. The number of carbonyl (C=O) groups excluding carboxylic acids is 2. The van der Waals surface area contributed by atoms with Crippen LogP contribution in [0, 0.1) is 6.92 Å². The van der Waals surface area contributed by atoms with E-state index in [1.807, 2.05) is 29.2 Å². The molecular weight excluding hydrogens is 350 g/mol. The Morgan fingerprint density at radius 1 is 1.00 bits per heavy atom. The Labute approximate surface area is 166 Å². The molecule has 0 aromatic heterocycles. The molecule has 28 heavy (non-hydrogen) atoms. The second-order valence-electron chi connectivity index (χ2n) is 7.83. The number of anilines is 2. The first kappa shape index (κ1) is 18.5. The maximum absolute atomic E-state index is 13.2. The molecule has 0 saturated carbocycles. The Hall–Kier alpha value is -2.82.